The summed E-state index contributed by atoms with van der Waals surface area (Å²) in [6.45, 7) is 0. The molecule has 1 unspecified atom stereocenters. The first-order chi connectivity index (χ1) is 24.7. The van der Waals surface area contributed by atoms with Crippen molar-refractivity contribution >= 4 is 44.6 Å². The van der Waals surface area contributed by atoms with Crippen molar-refractivity contribution in [2.45, 2.75) is 25.2 Å². The van der Waals surface area contributed by atoms with Crippen molar-refractivity contribution in [2.75, 3.05) is 0 Å². The summed E-state index contributed by atoms with van der Waals surface area (Å²) < 4.78 is 12.8. The quantitative estimate of drug-likeness (QED) is 0.186. The van der Waals surface area contributed by atoms with E-state index >= 15 is 0 Å². The van der Waals surface area contributed by atoms with E-state index in [2.05, 4.69) is 103 Å². The molecule has 0 amide bonds. The third-order valence-electron chi connectivity index (χ3n) is 9.91. The van der Waals surface area contributed by atoms with Crippen LogP contribution in [-0.4, -0.2) is 15.0 Å². The van der Waals surface area contributed by atoms with E-state index in [1.165, 1.54) is 10.9 Å². The largest absolute Gasteiger partial charge is 0.460 e. The van der Waals surface area contributed by atoms with Crippen molar-refractivity contribution in [3.63, 3.8) is 0 Å². The third kappa shape index (κ3) is 4.89. The van der Waals surface area contributed by atoms with Crippen molar-refractivity contribution in [1.82, 2.24) is 15.0 Å². The summed E-state index contributed by atoms with van der Waals surface area (Å²) in [6, 6.07) is 39.7. The minimum atomic E-state index is 0.190. The molecule has 0 radical (unpaired) electrons. The normalized spacial score (nSPS) is 15.5. The monoisotopic (exact) mass is 645 g/mol. The van der Waals surface area contributed by atoms with Gasteiger partial charge in [0.1, 0.15) is 22.5 Å². The molecule has 5 nitrogen and oxygen atoms in total. The van der Waals surface area contributed by atoms with Crippen LogP contribution in [0.1, 0.15) is 41.5 Å². The number of benzene rings is 5. The summed E-state index contributed by atoms with van der Waals surface area (Å²) in [5.41, 5.74) is 10.3. The van der Waals surface area contributed by atoms with E-state index in [1.807, 2.05) is 42.5 Å². The van der Waals surface area contributed by atoms with Gasteiger partial charge in [-0.3, -0.25) is 0 Å². The highest BCUT2D eigenvalue weighted by Crippen LogP contribution is 2.42. The first-order valence-electron chi connectivity index (χ1n) is 17.2. The van der Waals surface area contributed by atoms with Gasteiger partial charge >= 0.3 is 0 Å². The molecular weight excluding hydrogens is 615 g/mol. The molecule has 238 valence electrons. The average molecular weight is 646 g/mol. The fourth-order valence-electron chi connectivity index (χ4n) is 7.45. The minimum Gasteiger partial charge on any atom is -0.460 e. The number of rotatable bonds is 5. The van der Waals surface area contributed by atoms with E-state index in [0.29, 0.717) is 17.5 Å². The van der Waals surface area contributed by atoms with Crippen LogP contribution in [0.4, 0.5) is 0 Å². The molecule has 0 bridgehead atoms. The van der Waals surface area contributed by atoms with Crippen molar-refractivity contribution in [2.24, 2.45) is 0 Å². The van der Waals surface area contributed by atoms with Gasteiger partial charge in [0.2, 0.25) is 0 Å². The van der Waals surface area contributed by atoms with Crippen LogP contribution in [0.15, 0.2) is 148 Å². The highest BCUT2D eigenvalue weighted by atomic mass is 16.3. The lowest BCUT2D eigenvalue weighted by atomic mass is 9.86. The van der Waals surface area contributed by atoms with Gasteiger partial charge in [0.25, 0.3) is 0 Å². The van der Waals surface area contributed by atoms with Crippen LogP contribution in [0.5, 0.6) is 0 Å². The molecule has 0 spiro atoms. The molecule has 50 heavy (non-hydrogen) atoms. The van der Waals surface area contributed by atoms with Gasteiger partial charge in [0, 0.05) is 50.8 Å². The zero-order valence-corrected chi connectivity index (χ0v) is 27.2. The maximum absolute atomic E-state index is 6.63. The molecule has 1 atom stereocenters. The Hall–Kier alpha value is -6.33. The summed E-state index contributed by atoms with van der Waals surface area (Å²) in [7, 11) is 0. The molecule has 0 N–H and O–H groups in total. The molecule has 2 aliphatic rings. The fourth-order valence-corrected chi connectivity index (χ4v) is 7.45. The van der Waals surface area contributed by atoms with Crippen molar-refractivity contribution < 1.29 is 8.83 Å². The second-order valence-electron chi connectivity index (χ2n) is 13.0. The average Bonchev–Trinajstić information content (AvgIpc) is 3.76. The smallest absolute Gasteiger partial charge is 0.164 e. The lowest BCUT2D eigenvalue weighted by molar-refractivity contribution is 0.533. The topological polar surface area (TPSA) is 65.0 Å². The predicted molar refractivity (Wildman–Crippen MR) is 201 cm³/mol. The van der Waals surface area contributed by atoms with Crippen LogP contribution >= 0.6 is 0 Å². The fraction of sp³-hybridized carbons (Fsp3) is 0.0889. The van der Waals surface area contributed by atoms with Crippen LogP contribution in [-0.2, 0) is 6.42 Å². The predicted octanol–water partition coefficient (Wildman–Crippen LogP) is 11.6. The third-order valence-corrected chi connectivity index (χ3v) is 9.91. The second kappa shape index (κ2) is 11.7. The number of nitrogens with zero attached hydrogens (tertiary/aromatic N) is 3. The van der Waals surface area contributed by atoms with Crippen LogP contribution in [0.25, 0.3) is 78.5 Å². The molecule has 3 aromatic heterocycles. The zero-order chi connectivity index (χ0) is 33.0. The van der Waals surface area contributed by atoms with E-state index in [-0.39, 0.29) is 5.92 Å². The summed E-state index contributed by atoms with van der Waals surface area (Å²) in [5.74, 6) is 3.22. The van der Waals surface area contributed by atoms with E-state index in [4.69, 9.17) is 23.8 Å². The Kier molecular flexibility index (Phi) is 6.69. The summed E-state index contributed by atoms with van der Waals surface area (Å²) in [4.78, 5) is 14.8. The number of hydrogen-bond acceptors (Lipinski definition) is 5. The van der Waals surface area contributed by atoms with Crippen molar-refractivity contribution in [3.8, 4) is 33.9 Å². The van der Waals surface area contributed by atoms with Crippen LogP contribution in [0.3, 0.4) is 0 Å². The lowest BCUT2D eigenvalue weighted by Gasteiger charge is -2.17. The molecule has 0 aliphatic heterocycles. The Balaban J connectivity index is 1.00. The molecule has 3 heterocycles. The second-order valence-corrected chi connectivity index (χ2v) is 13.0. The number of aromatic nitrogens is 3. The molecule has 10 rings (SSSR count). The van der Waals surface area contributed by atoms with Gasteiger partial charge in [0.05, 0.1) is 0 Å². The summed E-state index contributed by atoms with van der Waals surface area (Å²) in [5, 5.41) is 3.47. The van der Waals surface area contributed by atoms with Gasteiger partial charge in [0.15, 0.2) is 17.5 Å². The highest BCUT2D eigenvalue weighted by molar-refractivity contribution is 6.07. The van der Waals surface area contributed by atoms with E-state index in [1.54, 1.807) is 0 Å². The standard InChI is InChI=1S/C45H31N3O2/c1-3-11-28(12-4-1)43-46-44(29-13-5-2-6-14-29)48-45(47-43)33-16-9-15-30(25-33)31-21-23-35-36-24-22-32(27-41(36)50-40(35)26-31)34-18-10-20-39-42(34)37-17-7-8-19-38(37)49-39/h1,3-5,7-26,32H,2,6,27H2. The summed E-state index contributed by atoms with van der Waals surface area (Å²) >= 11 is 0. The molecule has 8 aromatic rings. The number of para-hydroxylation sites is 1. The van der Waals surface area contributed by atoms with E-state index in [9.17, 15) is 0 Å². The maximum atomic E-state index is 6.63. The molecule has 0 saturated heterocycles. The highest BCUT2D eigenvalue weighted by Gasteiger charge is 2.24. The van der Waals surface area contributed by atoms with Gasteiger partial charge in [-0.25, -0.2) is 15.0 Å². The van der Waals surface area contributed by atoms with Gasteiger partial charge < -0.3 is 8.83 Å². The Morgan fingerprint density at radius 1 is 0.540 bits per heavy atom. The molecular formula is C45H31N3O2. The van der Waals surface area contributed by atoms with E-state index < -0.39 is 0 Å². The zero-order valence-electron chi connectivity index (χ0n) is 27.2. The SMILES string of the molecule is C1=CC(c2nc(-c3ccccc3)nc(-c3cccc(-c4ccc5c6c(oc5c4)CC(c4cccc5oc7ccccc7c45)C=C6)c3)n2)=CCC1. The Morgan fingerprint density at radius 2 is 1.30 bits per heavy atom. The molecule has 2 aliphatic carbocycles. The minimum absolute atomic E-state index is 0.190. The van der Waals surface area contributed by atoms with Crippen LogP contribution in [0.2, 0.25) is 0 Å². The van der Waals surface area contributed by atoms with E-state index in [0.717, 1.165) is 85.9 Å². The number of fused-ring (bicyclic) bond motifs is 6. The molecule has 0 saturated carbocycles. The maximum Gasteiger partial charge on any atom is 0.164 e. The molecule has 0 fully saturated rings. The summed E-state index contributed by atoms with van der Waals surface area (Å²) in [6.07, 6.45) is 13.9. The Bertz CT molecular complexity index is 2690. The van der Waals surface area contributed by atoms with Gasteiger partial charge in [-0.2, -0.15) is 0 Å². The lowest BCUT2D eigenvalue weighted by Crippen LogP contribution is -2.04. The van der Waals surface area contributed by atoms with Crippen LogP contribution in [0, 0.1) is 0 Å². The number of allylic oxidation sites excluding steroid dienone is 5. The number of hydrogen-bond donors (Lipinski definition) is 0. The van der Waals surface area contributed by atoms with Crippen LogP contribution < -0.4 is 0 Å². The van der Waals surface area contributed by atoms with Crippen molar-refractivity contribution in [3.05, 3.63) is 162 Å². The molecule has 5 heteroatoms. The van der Waals surface area contributed by atoms with Gasteiger partial charge in [-0.05, 0) is 59.9 Å². The number of furan rings is 2. The first-order valence-corrected chi connectivity index (χ1v) is 17.2. The Labute approximate surface area is 289 Å². The molecule has 5 aromatic carbocycles. The van der Waals surface area contributed by atoms with Gasteiger partial charge in [-0.1, -0.05) is 115 Å². The van der Waals surface area contributed by atoms with Crippen molar-refractivity contribution in [1.29, 1.82) is 0 Å². The Morgan fingerprint density at radius 3 is 2.20 bits per heavy atom. The first kappa shape index (κ1) is 28.7. The van der Waals surface area contributed by atoms with Gasteiger partial charge in [-0.15, -0.1) is 0 Å².